The Morgan fingerprint density at radius 2 is 2.00 bits per heavy atom. The van der Waals surface area contributed by atoms with Gasteiger partial charge in [0, 0.05) is 56.6 Å². The van der Waals surface area contributed by atoms with E-state index in [0.717, 1.165) is 48.1 Å². The summed E-state index contributed by atoms with van der Waals surface area (Å²) in [7, 11) is 0. The van der Waals surface area contributed by atoms with E-state index in [1.165, 1.54) is 12.1 Å². The first-order chi connectivity index (χ1) is 14.1. The number of rotatable bonds is 6. The zero-order valence-corrected chi connectivity index (χ0v) is 16.5. The number of hydrogen-bond donors (Lipinski definition) is 1. The molecular formula is C22H25FN6. The molecule has 1 aromatic carbocycles. The second-order valence-electron chi connectivity index (χ2n) is 7.66. The van der Waals surface area contributed by atoms with Crippen molar-refractivity contribution in [1.82, 2.24) is 19.9 Å². The highest BCUT2D eigenvalue weighted by Crippen LogP contribution is 2.23. The van der Waals surface area contributed by atoms with Gasteiger partial charge < -0.3 is 10.6 Å². The normalized spacial score (nSPS) is 17.5. The molecule has 1 unspecified atom stereocenters. The number of hydrogen-bond acceptors (Lipinski definition) is 6. The van der Waals surface area contributed by atoms with Gasteiger partial charge in [-0.3, -0.25) is 9.97 Å². The van der Waals surface area contributed by atoms with Crippen LogP contribution in [0, 0.1) is 5.82 Å². The smallest absolute Gasteiger partial charge is 0.132 e. The van der Waals surface area contributed by atoms with E-state index in [1.54, 1.807) is 18.6 Å². The van der Waals surface area contributed by atoms with E-state index in [0.29, 0.717) is 12.8 Å². The van der Waals surface area contributed by atoms with Crippen LogP contribution in [0.4, 0.5) is 10.2 Å². The van der Waals surface area contributed by atoms with Gasteiger partial charge in [-0.15, -0.1) is 0 Å². The molecule has 2 aromatic heterocycles. The SMILES string of the molecule is C[C@H](Cc1nc(Cc2cnccn2)cc(N2CCC(N)C2)n1)c1ccc(F)cc1. The summed E-state index contributed by atoms with van der Waals surface area (Å²) in [5.74, 6) is 1.64. The summed E-state index contributed by atoms with van der Waals surface area (Å²) in [6.07, 6.45) is 7.35. The van der Waals surface area contributed by atoms with E-state index >= 15 is 0 Å². The van der Waals surface area contributed by atoms with E-state index in [-0.39, 0.29) is 17.8 Å². The lowest BCUT2D eigenvalue weighted by Gasteiger charge is -2.19. The molecule has 3 aromatic rings. The maximum atomic E-state index is 13.2. The average Bonchev–Trinajstić information content (AvgIpc) is 3.15. The Hall–Kier alpha value is -2.93. The first kappa shape index (κ1) is 19.4. The summed E-state index contributed by atoms with van der Waals surface area (Å²) in [5.41, 5.74) is 8.95. The fourth-order valence-electron chi connectivity index (χ4n) is 3.67. The third kappa shape index (κ3) is 4.92. The summed E-state index contributed by atoms with van der Waals surface area (Å²) < 4.78 is 13.2. The molecule has 6 nitrogen and oxygen atoms in total. The van der Waals surface area contributed by atoms with E-state index in [4.69, 9.17) is 15.7 Å². The largest absolute Gasteiger partial charge is 0.355 e. The second kappa shape index (κ2) is 8.61. The zero-order valence-electron chi connectivity index (χ0n) is 16.5. The molecule has 29 heavy (non-hydrogen) atoms. The molecule has 7 heteroatoms. The number of nitrogens with zero attached hydrogens (tertiary/aromatic N) is 5. The fourth-order valence-corrected chi connectivity index (χ4v) is 3.67. The van der Waals surface area contributed by atoms with Crippen molar-refractivity contribution in [1.29, 1.82) is 0 Å². The number of anilines is 1. The van der Waals surface area contributed by atoms with Crippen molar-refractivity contribution in [2.45, 2.75) is 38.1 Å². The van der Waals surface area contributed by atoms with Gasteiger partial charge in [-0.25, -0.2) is 14.4 Å². The Morgan fingerprint density at radius 1 is 1.17 bits per heavy atom. The lowest BCUT2D eigenvalue weighted by Crippen LogP contribution is -2.27. The molecule has 0 spiro atoms. The van der Waals surface area contributed by atoms with Crippen LogP contribution in [0.2, 0.25) is 0 Å². The lowest BCUT2D eigenvalue weighted by atomic mass is 9.97. The van der Waals surface area contributed by atoms with Gasteiger partial charge in [0.1, 0.15) is 17.5 Å². The third-order valence-electron chi connectivity index (χ3n) is 5.27. The lowest BCUT2D eigenvalue weighted by molar-refractivity contribution is 0.624. The minimum atomic E-state index is -0.226. The predicted octanol–water partition coefficient (Wildman–Crippen LogP) is 2.88. The third-order valence-corrected chi connectivity index (χ3v) is 5.27. The first-order valence-corrected chi connectivity index (χ1v) is 9.94. The van der Waals surface area contributed by atoms with Crippen LogP contribution >= 0.6 is 0 Å². The highest BCUT2D eigenvalue weighted by atomic mass is 19.1. The summed E-state index contributed by atoms with van der Waals surface area (Å²) in [5, 5.41) is 0. The standard InChI is InChI=1S/C22H25FN6/c1-15(16-2-4-17(23)5-3-16)10-21-27-19(11-20-13-25-7-8-26-20)12-22(28-21)29-9-6-18(24)14-29/h2-5,7-8,12-13,15,18H,6,9-11,14,24H2,1H3/t15-,18?/m1/s1. The second-order valence-corrected chi connectivity index (χ2v) is 7.66. The Kier molecular flexibility index (Phi) is 5.76. The van der Waals surface area contributed by atoms with Gasteiger partial charge in [0.2, 0.25) is 0 Å². The fraction of sp³-hybridized carbons (Fsp3) is 0.364. The molecule has 2 N–H and O–H groups in total. The summed E-state index contributed by atoms with van der Waals surface area (Å²) >= 11 is 0. The molecule has 0 saturated carbocycles. The van der Waals surface area contributed by atoms with Gasteiger partial charge >= 0.3 is 0 Å². The van der Waals surface area contributed by atoms with E-state index in [1.807, 2.05) is 18.2 Å². The number of aromatic nitrogens is 4. The minimum Gasteiger partial charge on any atom is -0.355 e. The molecule has 3 heterocycles. The van der Waals surface area contributed by atoms with Crippen molar-refractivity contribution in [3.63, 3.8) is 0 Å². The number of nitrogens with two attached hydrogens (primary N) is 1. The quantitative estimate of drug-likeness (QED) is 0.695. The van der Waals surface area contributed by atoms with Crippen molar-refractivity contribution in [3.05, 3.63) is 77.5 Å². The Balaban J connectivity index is 1.60. The van der Waals surface area contributed by atoms with Crippen molar-refractivity contribution < 1.29 is 4.39 Å². The topological polar surface area (TPSA) is 80.8 Å². The molecule has 1 aliphatic heterocycles. The summed E-state index contributed by atoms with van der Waals surface area (Å²) in [4.78, 5) is 20.3. The van der Waals surface area contributed by atoms with Gasteiger partial charge in [0.05, 0.1) is 11.4 Å². The van der Waals surface area contributed by atoms with Gasteiger partial charge in [-0.2, -0.15) is 0 Å². The molecule has 0 bridgehead atoms. The molecule has 1 fully saturated rings. The Morgan fingerprint density at radius 3 is 2.69 bits per heavy atom. The number of benzene rings is 1. The van der Waals surface area contributed by atoms with Crippen LogP contribution in [-0.4, -0.2) is 39.1 Å². The van der Waals surface area contributed by atoms with E-state index < -0.39 is 0 Å². The van der Waals surface area contributed by atoms with E-state index in [2.05, 4.69) is 21.8 Å². The van der Waals surface area contributed by atoms with Gasteiger partial charge in [-0.05, 0) is 30.0 Å². The molecule has 0 aliphatic carbocycles. The molecule has 1 aliphatic rings. The van der Waals surface area contributed by atoms with Crippen LogP contribution < -0.4 is 10.6 Å². The molecule has 2 atom stereocenters. The van der Waals surface area contributed by atoms with Crippen molar-refractivity contribution in [2.75, 3.05) is 18.0 Å². The van der Waals surface area contributed by atoms with Crippen molar-refractivity contribution >= 4 is 5.82 Å². The monoisotopic (exact) mass is 392 g/mol. The van der Waals surface area contributed by atoms with Crippen LogP contribution in [-0.2, 0) is 12.8 Å². The van der Waals surface area contributed by atoms with Crippen LogP contribution in [0.3, 0.4) is 0 Å². The number of halogens is 1. The Bertz CT molecular complexity index is 947. The predicted molar refractivity (Wildman–Crippen MR) is 110 cm³/mol. The highest BCUT2D eigenvalue weighted by molar-refractivity contribution is 5.42. The molecule has 4 rings (SSSR count). The summed E-state index contributed by atoms with van der Waals surface area (Å²) in [6.45, 7) is 3.81. The zero-order chi connectivity index (χ0) is 20.2. The van der Waals surface area contributed by atoms with Crippen LogP contribution in [0.15, 0.2) is 48.9 Å². The molecule has 1 saturated heterocycles. The molecular weight excluding hydrogens is 367 g/mol. The maximum Gasteiger partial charge on any atom is 0.132 e. The van der Waals surface area contributed by atoms with Gasteiger partial charge in [-0.1, -0.05) is 19.1 Å². The highest BCUT2D eigenvalue weighted by Gasteiger charge is 2.22. The van der Waals surface area contributed by atoms with Crippen LogP contribution in [0.25, 0.3) is 0 Å². The van der Waals surface area contributed by atoms with Gasteiger partial charge in [0.15, 0.2) is 0 Å². The average molecular weight is 392 g/mol. The Labute approximate surface area is 170 Å². The molecule has 0 amide bonds. The first-order valence-electron chi connectivity index (χ1n) is 9.94. The summed E-state index contributed by atoms with van der Waals surface area (Å²) in [6, 6.07) is 8.84. The van der Waals surface area contributed by atoms with Crippen molar-refractivity contribution in [2.24, 2.45) is 5.73 Å². The minimum absolute atomic E-state index is 0.176. The van der Waals surface area contributed by atoms with Crippen LogP contribution in [0.5, 0.6) is 0 Å². The molecule has 150 valence electrons. The van der Waals surface area contributed by atoms with Gasteiger partial charge in [0.25, 0.3) is 0 Å². The van der Waals surface area contributed by atoms with E-state index in [9.17, 15) is 4.39 Å². The maximum absolute atomic E-state index is 13.2. The van der Waals surface area contributed by atoms with Crippen LogP contribution in [0.1, 0.15) is 42.0 Å². The van der Waals surface area contributed by atoms with Crippen molar-refractivity contribution in [3.8, 4) is 0 Å². The molecule has 0 radical (unpaired) electrons.